The Bertz CT molecular complexity index is 1010. The molecule has 2 atom stereocenters. The van der Waals surface area contributed by atoms with Crippen molar-refractivity contribution in [2.75, 3.05) is 32.7 Å². The summed E-state index contributed by atoms with van der Waals surface area (Å²) in [6, 6.07) is 5.43. The minimum absolute atomic E-state index is 0.00295. The Morgan fingerprint density at radius 3 is 2.26 bits per heavy atom. The Balaban J connectivity index is 1.34. The molecule has 2 unspecified atom stereocenters. The summed E-state index contributed by atoms with van der Waals surface area (Å²) in [5.74, 6) is -1.98. The predicted octanol–water partition coefficient (Wildman–Crippen LogP) is 5.10. The highest BCUT2D eigenvalue weighted by Crippen LogP contribution is 2.37. The van der Waals surface area contributed by atoms with E-state index in [2.05, 4.69) is 9.73 Å². The Morgan fingerprint density at radius 1 is 0.971 bits per heavy atom. The van der Waals surface area contributed by atoms with E-state index >= 15 is 0 Å². The van der Waals surface area contributed by atoms with Crippen LogP contribution < -0.4 is 4.74 Å². The van der Waals surface area contributed by atoms with E-state index in [1.807, 2.05) is 0 Å². The number of urea groups is 1. The third kappa shape index (κ3) is 5.75. The Hall–Kier alpha value is -2.72. The molecular formula is C24H27F5N4O2. The SMILES string of the molecule is O=C(N1CCC(F)(F)CC1)N1CC(C2=NC(C3CC3)=NC2)CC(c2ccc(OC(F)(F)F)cc2)C1. The summed E-state index contributed by atoms with van der Waals surface area (Å²) in [6.45, 7) is 1.25. The van der Waals surface area contributed by atoms with E-state index in [1.165, 1.54) is 17.0 Å². The molecule has 4 aliphatic rings. The molecule has 190 valence electrons. The lowest BCUT2D eigenvalue weighted by molar-refractivity contribution is -0.274. The van der Waals surface area contributed by atoms with Crippen molar-refractivity contribution in [2.45, 2.75) is 50.3 Å². The molecule has 1 saturated carbocycles. The van der Waals surface area contributed by atoms with Gasteiger partial charge in [0.15, 0.2) is 0 Å². The standard InChI is InChI=1S/C24H27F5N4O2/c25-23(26)7-9-32(10-8-23)22(34)33-13-17(15-3-5-19(6-4-15)35-24(27,28)29)11-18(14-33)20-12-30-21(31-20)16-1-2-16/h3-6,16-18H,1-2,7-14H2. The number of piperidine rings is 2. The molecule has 11 heteroatoms. The molecule has 1 aliphatic carbocycles. The van der Waals surface area contributed by atoms with Gasteiger partial charge in [0.25, 0.3) is 5.92 Å². The van der Waals surface area contributed by atoms with Crippen LogP contribution in [0.3, 0.4) is 0 Å². The monoisotopic (exact) mass is 498 g/mol. The third-order valence-electron chi connectivity index (χ3n) is 7.15. The smallest absolute Gasteiger partial charge is 0.406 e. The summed E-state index contributed by atoms with van der Waals surface area (Å²) in [4.78, 5) is 25.8. The normalized spacial score (nSPS) is 26.9. The molecule has 3 heterocycles. The molecule has 1 aromatic rings. The van der Waals surface area contributed by atoms with Crippen LogP contribution in [0.2, 0.25) is 0 Å². The van der Waals surface area contributed by atoms with E-state index in [1.54, 1.807) is 17.0 Å². The fraction of sp³-hybridized carbons (Fsp3) is 0.625. The second kappa shape index (κ2) is 9.05. The molecule has 0 radical (unpaired) electrons. The van der Waals surface area contributed by atoms with Gasteiger partial charge in [-0.25, -0.2) is 18.6 Å². The van der Waals surface area contributed by atoms with Crippen LogP contribution in [0, 0.1) is 11.8 Å². The van der Waals surface area contributed by atoms with Gasteiger partial charge < -0.3 is 14.5 Å². The fourth-order valence-corrected chi connectivity index (χ4v) is 5.07. The molecular weight excluding hydrogens is 471 g/mol. The van der Waals surface area contributed by atoms with Crippen LogP contribution in [0.15, 0.2) is 34.3 Å². The number of ether oxygens (including phenoxy) is 1. The molecule has 0 spiro atoms. The summed E-state index contributed by atoms with van der Waals surface area (Å²) in [5, 5.41) is 0. The number of carbonyl (C=O) groups is 1. The number of hydrogen-bond donors (Lipinski definition) is 0. The molecule has 5 rings (SSSR count). The second-order valence-electron chi connectivity index (χ2n) is 9.83. The molecule has 3 aliphatic heterocycles. The van der Waals surface area contributed by atoms with E-state index in [4.69, 9.17) is 4.99 Å². The number of rotatable bonds is 4. The first-order chi connectivity index (χ1) is 16.6. The summed E-state index contributed by atoms with van der Waals surface area (Å²) < 4.78 is 68.8. The van der Waals surface area contributed by atoms with Crippen LogP contribution in [0.1, 0.15) is 43.6 Å². The van der Waals surface area contributed by atoms with E-state index < -0.39 is 12.3 Å². The minimum Gasteiger partial charge on any atom is -0.406 e. The second-order valence-corrected chi connectivity index (χ2v) is 9.83. The largest absolute Gasteiger partial charge is 0.573 e. The third-order valence-corrected chi connectivity index (χ3v) is 7.15. The Morgan fingerprint density at radius 2 is 1.63 bits per heavy atom. The number of halogens is 5. The molecule has 1 aromatic carbocycles. The summed E-state index contributed by atoms with van der Waals surface area (Å²) in [5.41, 5.74) is 1.70. The summed E-state index contributed by atoms with van der Waals surface area (Å²) in [6.07, 6.45) is -2.64. The van der Waals surface area contributed by atoms with Crippen LogP contribution in [-0.4, -0.2) is 72.4 Å². The quantitative estimate of drug-likeness (QED) is 0.542. The van der Waals surface area contributed by atoms with Gasteiger partial charge in [0.05, 0.1) is 6.54 Å². The maximum Gasteiger partial charge on any atom is 0.573 e. The highest BCUT2D eigenvalue weighted by molar-refractivity contribution is 6.06. The highest BCUT2D eigenvalue weighted by Gasteiger charge is 2.41. The number of aliphatic imine (C=N–C) groups is 2. The number of benzene rings is 1. The molecule has 0 aromatic heterocycles. The molecule has 0 bridgehead atoms. The van der Waals surface area contributed by atoms with Crippen molar-refractivity contribution in [3.8, 4) is 5.75 Å². The molecule has 6 nitrogen and oxygen atoms in total. The van der Waals surface area contributed by atoms with Gasteiger partial charge in [-0.05, 0) is 37.0 Å². The molecule has 2 amide bonds. The van der Waals surface area contributed by atoms with Crippen molar-refractivity contribution in [1.29, 1.82) is 0 Å². The lowest BCUT2D eigenvalue weighted by Gasteiger charge is -2.42. The van der Waals surface area contributed by atoms with Crippen LogP contribution in [0.4, 0.5) is 26.7 Å². The number of likely N-dealkylation sites (tertiary alicyclic amines) is 2. The number of hydrogen-bond acceptors (Lipinski definition) is 4. The van der Waals surface area contributed by atoms with E-state index in [-0.39, 0.29) is 49.5 Å². The average molecular weight is 498 g/mol. The van der Waals surface area contributed by atoms with Crippen molar-refractivity contribution >= 4 is 17.6 Å². The highest BCUT2D eigenvalue weighted by atomic mass is 19.4. The maximum absolute atomic E-state index is 13.6. The zero-order valence-corrected chi connectivity index (χ0v) is 19.1. The number of carbonyl (C=O) groups excluding carboxylic acids is 1. The first-order valence-electron chi connectivity index (χ1n) is 12.0. The zero-order chi connectivity index (χ0) is 24.8. The van der Waals surface area contributed by atoms with Crippen molar-refractivity contribution in [3.63, 3.8) is 0 Å². The average Bonchev–Trinajstić information content (AvgIpc) is 3.54. The van der Waals surface area contributed by atoms with E-state index in [9.17, 15) is 26.7 Å². The van der Waals surface area contributed by atoms with E-state index in [0.29, 0.717) is 32.0 Å². The van der Waals surface area contributed by atoms with Gasteiger partial charge in [0.2, 0.25) is 0 Å². The van der Waals surface area contributed by atoms with Crippen molar-refractivity contribution < 1.29 is 31.5 Å². The van der Waals surface area contributed by atoms with E-state index in [0.717, 1.165) is 30.0 Å². The number of amidine groups is 1. The Labute approximate surface area is 199 Å². The van der Waals surface area contributed by atoms with Crippen molar-refractivity contribution in [2.24, 2.45) is 21.8 Å². The van der Waals surface area contributed by atoms with Gasteiger partial charge in [0, 0.05) is 62.5 Å². The fourth-order valence-electron chi connectivity index (χ4n) is 5.07. The molecule has 3 fully saturated rings. The van der Waals surface area contributed by atoms with Crippen LogP contribution >= 0.6 is 0 Å². The van der Waals surface area contributed by atoms with Gasteiger partial charge >= 0.3 is 12.4 Å². The summed E-state index contributed by atoms with van der Waals surface area (Å²) in [7, 11) is 0. The lowest BCUT2D eigenvalue weighted by atomic mass is 9.82. The zero-order valence-electron chi connectivity index (χ0n) is 19.1. The van der Waals surface area contributed by atoms with Crippen molar-refractivity contribution in [1.82, 2.24) is 9.80 Å². The maximum atomic E-state index is 13.6. The first kappa shape index (κ1) is 24.0. The first-order valence-corrected chi connectivity index (χ1v) is 12.0. The number of nitrogens with zero attached hydrogens (tertiary/aromatic N) is 4. The van der Waals surface area contributed by atoms with Crippen LogP contribution in [0.25, 0.3) is 0 Å². The van der Waals surface area contributed by atoms with Crippen molar-refractivity contribution in [3.05, 3.63) is 29.8 Å². The molecule has 0 N–H and O–H groups in total. The predicted molar refractivity (Wildman–Crippen MR) is 119 cm³/mol. The minimum atomic E-state index is -4.77. The molecule has 2 saturated heterocycles. The van der Waals surface area contributed by atoms with Gasteiger partial charge in [-0.2, -0.15) is 0 Å². The Kier molecular flexibility index (Phi) is 6.21. The van der Waals surface area contributed by atoms with Gasteiger partial charge in [-0.15, -0.1) is 13.2 Å². The number of alkyl halides is 5. The van der Waals surface area contributed by atoms with Crippen LogP contribution in [0.5, 0.6) is 5.75 Å². The van der Waals surface area contributed by atoms with Crippen LogP contribution in [-0.2, 0) is 0 Å². The van der Waals surface area contributed by atoms with Gasteiger partial charge in [0.1, 0.15) is 11.6 Å². The molecule has 35 heavy (non-hydrogen) atoms. The number of amides is 2. The van der Waals surface area contributed by atoms with Gasteiger partial charge in [-0.1, -0.05) is 12.1 Å². The topological polar surface area (TPSA) is 57.5 Å². The lowest BCUT2D eigenvalue weighted by Crippen LogP contribution is -2.53. The summed E-state index contributed by atoms with van der Waals surface area (Å²) >= 11 is 0. The van der Waals surface area contributed by atoms with Gasteiger partial charge in [-0.3, -0.25) is 4.99 Å².